The van der Waals surface area contributed by atoms with Gasteiger partial charge in [0.2, 0.25) is 0 Å². The topological polar surface area (TPSA) is 52.0 Å². The van der Waals surface area contributed by atoms with Gasteiger partial charge in [-0.05, 0) is 24.0 Å². The van der Waals surface area contributed by atoms with E-state index in [0.29, 0.717) is 12.2 Å². The Hall–Kier alpha value is -1.04. The van der Waals surface area contributed by atoms with E-state index in [4.69, 9.17) is 22.3 Å². The predicted molar refractivity (Wildman–Crippen MR) is 84.6 cm³/mol. The molecule has 0 aliphatic rings. The minimum absolute atomic E-state index is 0.0527. The number of aromatic nitrogens is 2. The first kappa shape index (κ1) is 16.3. The van der Waals surface area contributed by atoms with Crippen LogP contribution in [0.15, 0.2) is 29.2 Å². The van der Waals surface area contributed by atoms with Gasteiger partial charge < -0.3 is 0 Å². The molecule has 0 radical (unpaired) electrons. The van der Waals surface area contributed by atoms with Gasteiger partial charge in [0.1, 0.15) is 10.0 Å². The zero-order chi connectivity index (χ0) is 15.8. The fourth-order valence-corrected chi connectivity index (χ4v) is 4.01. The molecule has 1 heterocycles. The van der Waals surface area contributed by atoms with Gasteiger partial charge in [0.15, 0.2) is 0 Å². The highest BCUT2D eigenvalue weighted by atomic mass is 35.7. The van der Waals surface area contributed by atoms with Gasteiger partial charge in [0.25, 0.3) is 9.05 Å². The van der Waals surface area contributed by atoms with Crippen molar-refractivity contribution in [2.24, 2.45) is 0 Å². The van der Waals surface area contributed by atoms with E-state index in [9.17, 15) is 8.42 Å². The zero-order valence-electron chi connectivity index (χ0n) is 12.0. The van der Waals surface area contributed by atoms with Crippen molar-refractivity contribution in [2.45, 2.75) is 38.1 Å². The Balaban J connectivity index is 2.54. The highest BCUT2D eigenvalue weighted by molar-refractivity contribution is 8.13. The van der Waals surface area contributed by atoms with E-state index in [1.54, 1.807) is 0 Å². The predicted octanol–water partition coefficient (Wildman–Crippen LogP) is 3.94. The maximum absolute atomic E-state index is 11.7. The average Bonchev–Trinajstić information content (AvgIpc) is 2.70. The zero-order valence-corrected chi connectivity index (χ0v) is 14.3. The van der Waals surface area contributed by atoms with Crippen LogP contribution in [0.2, 0.25) is 5.15 Å². The summed E-state index contributed by atoms with van der Waals surface area (Å²) < 4.78 is 25.0. The third kappa shape index (κ3) is 3.42. The molecule has 0 saturated heterocycles. The minimum atomic E-state index is -3.93. The molecule has 2 aromatic rings. The number of hydrogen-bond donors (Lipinski definition) is 0. The molecule has 0 amide bonds. The van der Waals surface area contributed by atoms with Crippen LogP contribution in [0, 0.1) is 6.92 Å². The molecule has 21 heavy (non-hydrogen) atoms. The summed E-state index contributed by atoms with van der Waals surface area (Å²) >= 11 is 6.20. The first-order chi connectivity index (χ1) is 9.71. The van der Waals surface area contributed by atoms with Crippen molar-refractivity contribution in [1.82, 2.24) is 9.78 Å². The standard InChI is InChI=1S/C14H16Cl2N2O2S/c1-9(2)12-13(21(16,19)20)14(15)18(17-12)8-11-7-5-4-6-10(11)3/h4-7,9H,8H2,1-3H3. The monoisotopic (exact) mass is 346 g/mol. The third-order valence-electron chi connectivity index (χ3n) is 3.25. The molecule has 1 aromatic carbocycles. The van der Waals surface area contributed by atoms with E-state index < -0.39 is 9.05 Å². The van der Waals surface area contributed by atoms with Crippen molar-refractivity contribution in [3.05, 3.63) is 46.2 Å². The molecule has 7 heteroatoms. The van der Waals surface area contributed by atoms with E-state index >= 15 is 0 Å². The second kappa shape index (κ2) is 5.99. The van der Waals surface area contributed by atoms with E-state index in [0.717, 1.165) is 11.1 Å². The fraction of sp³-hybridized carbons (Fsp3) is 0.357. The number of benzene rings is 1. The van der Waals surface area contributed by atoms with E-state index in [-0.39, 0.29) is 16.0 Å². The SMILES string of the molecule is Cc1ccccc1Cn1nc(C(C)C)c(S(=O)(=O)Cl)c1Cl. The molecule has 0 saturated carbocycles. The van der Waals surface area contributed by atoms with Crippen LogP contribution in [0.25, 0.3) is 0 Å². The van der Waals surface area contributed by atoms with Crippen molar-refractivity contribution in [3.8, 4) is 0 Å². The summed E-state index contributed by atoms with van der Waals surface area (Å²) in [6, 6.07) is 7.80. The highest BCUT2D eigenvalue weighted by Crippen LogP contribution is 2.33. The lowest BCUT2D eigenvalue weighted by atomic mass is 10.1. The molecular formula is C14H16Cl2N2O2S. The van der Waals surface area contributed by atoms with Crippen LogP contribution < -0.4 is 0 Å². The summed E-state index contributed by atoms with van der Waals surface area (Å²) in [5.41, 5.74) is 2.50. The molecule has 0 unspecified atom stereocenters. The normalized spacial score (nSPS) is 12.1. The summed E-state index contributed by atoms with van der Waals surface area (Å²) in [5, 5.41) is 4.39. The van der Waals surface area contributed by atoms with Gasteiger partial charge in [-0.25, -0.2) is 13.1 Å². The van der Waals surface area contributed by atoms with Gasteiger partial charge in [0, 0.05) is 10.7 Å². The van der Waals surface area contributed by atoms with Gasteiger partial charge in [-0.15, -0.1) is 0 Å². The first-order valence-corrected chi connectivity index (χ1v) is 9.16. The maximum Gasteiger partial charge on any atom is 0.266 e. The van der Waals surface area contributed by atoms with Crippen LogP contribution in [-0.2, 0) is 15.6 Å². The van der Waals surface area contributed by atoms with Crippen molar-refractivity contribution < 1.29 is 8.42 Å². The van der Waals surface area contributed by atoms with Crippen LogP contribution >= 0.6 is 22.3 Å². The molecule has 0 aliphatic heterocycles. The van der Waals surface area contributed by atoms with Gasteiger partial charge in [-0.1, -0.05) is 49.7 Å². The van der Waals surface area contributed by atoms with Crippen molar-refractivity contribution in [1.29, 1.82) is 0 Å². The van der Waals surface area contributed by atoms with Crippen LogP contribution in [0.4, 0.5) is 0 Å². The molecule has 114 valence electrons. The van der Waals surface area contributed by atoms with Gasteiger partial charge in [0.05, 0.1) is 12.2 Å². The van der Waals surface area contributed by atoms with Crippen LogP contribution in [0.5, 0.6) is 0 Å². The average molecular weight is 347 g/mol. The molecule has 0 aliphatic carbocycles. The van der Waals surface area contributed by atoms with Crippen molar-refractivity contribution in [2.75, 3.05) is 0 Å². The highest BCUT2D eigenvalue weighted by Gasteiger charge is 2.28. The van der Waals surface area contributed by atoms with Crippen LogP contribution in [-0.4, -0.2) is 18.2 Å². The molecule has 0 atom stereocenters. The Morgan fingerprint density at radius 2 is 1.90 bits per heavy atom. The summed E-state index contributed by atoms with van der Waals surface area (Å²) in [6.07, 6.45) is 0. The largest absolute Gasteiger partial charge is 0.266 e. The molecule has 0 fully saturated rings. The number of aryl methyl sites for hydroxylation is 1. The first-order valence-electron chi connectivity index (χ1n) is 6.47. The Bertz CT molecular complexity index is 767. The van der Waals surface area contributed by atoms with Crippen LogP contribution in [0.3, 0.4) is 0 Å². The summed E-state index contributed by atoms with van der Waals surface area (Å²) in [5.74, 6) is -0.0934. The molecule has 4 nitrogen and oxygen atoms in total. The van der Waals surface area contributed by atoms with E-state index in [2.05, 4.69) is 5.10 Å². The number of nitrogens with zero attached hydrogens (tertiary/aromatic N) is 2. The van der Waals surface area contributed by atoms with Gasteiger partial charge >= 0.3 is 0 Å². The molecular weight excluding hydrogens is 331 g/mol. The summed E-state index contributed by atoms with van der Waals surface area (Å²) in [7, 11) is 1.56. The molecule has 0 N–H and O–H groups in total. The van der Waals surface area contributed by atoms with E-state index in [1.807, 2.05) is 45.0 Å². The Labute approximate surface area is 134 Å². The summed E-state index contributed by atoms with van der Waals surface area (Å²) in [4.78, 5) is -0.0885. The lowest BCUT2D eigenvalue weighted by molar-refractivity contribution is 0.607. The summed E-state index contributed by atoms with van der Waals surface area (Å²) in [6.45, 7) is 6.08. The Morgan fingerprint density at radius 3 is 2.38 bits per heavy atom. The van der Waals surface area contributed by atoms with E-state index in [1.165, 1.54) is 4.68 Å². The van der Waals surface area contributed by atoms with Crippen molar-refractivity contribution >= 4 is 31.3 Å². The molecule has 1 aromatic heterocycles. The molecule has 0 bridgehead atoms. The lowest BCUT2D eigenvalue weighted by Gasteiger charge is -2.06. The van der Waals surface area contributed by atoms with Crippen LogP contribution in [0.1, 0.15) is 36.6 Å². The smallest absolute Gasteiger partial charge is 0.248 e. The quantitative estimate of drug-likeness (QED) is 0.787. The Morgan fingerprint density at radius 1 is 1.29 bits per heavy atom. The second-order valence-electron chi connectivity index (χ2n) is 5.18. The van der Waals surface area contributed by atoms with Gasteiger partial charge in [-0.3, -0.25) is 0 Å². The number of halogens is 2. The number of rotatable bonds is 4. The fourth-order valence-electron chi connectivity index (χ4n) is 2.10. The maximum atomic E-state index is 11.7. The number of hydrogen-bond acceptors (Lipinski definition) is 3. The third-order valence-corrected chi connectivity index (χ3v) is 5.10. The lowest BCUT2D eigenvalue weighted by Crippen LogP contribution is -2.04. The molecule has 2 rings (SSSR count). The Kier molecular flexibility index (Phi) is 4.66. The second-order valence-corrected chi connectivity index (χ2v) is 8.04. The van der Waals surface area contributed by atoms with Crippen molar-refractivity contribution in [3.63, 3.8) is 0 Å². The minimum Gasteiger partial charge on any atom is -0.248 e. The van der Waals surface area contributed by atoms with Gasteiger partial charge in [-0.2, -0.15) is 5.10 Å². The molecule has 0 spiro atoms.